The molecule has 0 unspecified atom stereocenters. The molecule has 0 bridgehead atoms. The molecule has 10 aromatic carbocycles. The van der Waals surface area contributed by atoms with Gasteiger partial charge >= 0.3 is 0 Å². The average Bonchev–Trinajstić information content (AvgIpc) is 3.79. The molecule has 0 radical (unpaired) electrons. The molecule has 0 atom stereocenters. The Bertz CT molecular complexity index is 3690. The van der Waals surface area contributed by atoms with Crippen LogP contribution in [-0.4, -0.2) is 9.97 Å². The Morgan fingerprint density at radius 1 is 0.239 bits per heavy atom. The van der Waals surface area contributed by atoms with Crippen molar-refractivity contribution in [3.05, 3.63) is 255 Å². The summed E-state index contributed by atoms with van der Waals surface area (Å²) in [7, 11) is 0. The summed E-state index contributed by atoms with van der Waals surface area (Å²) < 4.78 is 2.61. The van der Waals surface area contributed by atoms with Crippen LogP contribution in [0.3, 0.4) is 0 Å². The number of hydrogen-bond donors (Lipinski definition) is 0. The van der Waals surface area contributed by atoms with Gasteiger partial charge in [0.05, 0.1) is 11.4 Å². The third kappa shape index (κ3) is 7.92. The zero-order chi connectivity index (χ0) is 44.5. The third-order valence-electron chi connectivity index (χ3n) is 12.7. The summed E-state index contributed by atoms with van der Waals surface area (Å²) in [6.45, 7) is 0. The first-order valence-corrected chi connectivity index (χ1v) is 23.5. The van der Waals surface area contributed by atoms with E-state index in [-0.39, 0.29) is 0 Å². The maximum atomic E-state index is 5.18. The molecule has 0 N–H and O–H groups in total. The van der Waals surface area contributed by atoms with Crippen LogP contribution in [0.5, 0.6) is 0 Å². The molecule has 0 fully saturated rings. The molecular formula is C64H42N2S. The van der Waals surface area contributed by atoms with Gasteiger partial charge in [-0.3, -0.25) is 0 Å². The van der Waals surface area contributed by atoms with Gasteiger partial charge in [-0.05, 0) is 109 Å². The first-order valence-electron chi connectivity index (χ1n) is 22.7. The lowest BCUT2D eigenvalue weighted by atomic mass is 9.84. The summed E-state index contributed by atoms with van der Waals surface area (Å²) in [5, 5.41) is 2.60. The number of nitrogens with zero attached hydrogens (tertiary/aromatic N) is 2. The van der Waals surface area contributed by atoms with Crippen molar-refractivity contribution >= 4 is 31.5 Å². The molecule has 0 aliphatic carbocycles. The molecule has 0 aliphatic heterocycles. The minimum atomic E-state index is 0.699. The van der Waals surface area contributed by atoms with E-state index in [1.165, 1.54) is 70.2 Å². The maximum absolute atomic E-state index is 5.18. The van der Waals surface area contributed by atoms with E-state index in [2.05, 4.69) is 231 Å². The zero-order valence-electron chi connectivity index (χ0n) is 36.6. The predicted molar refractivity (Wildman–Crippen MR) is 284 cm³/mol. The lowest BCUT2D eigenvalue weighted by Gasteiger charge is -2.19. The molecule has 2 aromatic heterocycles. The normalized spacial score (nSPS) is 11.3. The number of hydrogen-bond acceptors (Lipinski definition) is 3. The van der Waals surface area contributed by atoms with Crippen LogP contribution in [0.15, 0.2) is 255 Å². The quantitative estimate of drug-likeness (QED) is 0.144. The Morgan fingerprint density at radius 3 is 1.36 bits per heavy atom. The summed E-state index contributed by atoms with van der Waals surface area (Å²) in [6, 6.07) is 91.5. The molecule has 0 amide bonds. The van der Waals surface area contributed by atoms with Gasteiger partial charge < -0.3 is 0 Å². The number of fused-ring (bicyclic) bond motifs is 3. The Hall–Kier alpha value is -8.50. The maximum Gasteiger partial charge on any atom is 0.160 e. The van der Waals surface area contributed by atoms with E-state index in [1.807, 2.05) is 35.6 Å². The fraction of sp³-hybridized carbons (Fsp3) is 0. The molecule has 0 saturated heterocycles. The van der Waals surface area contributed by atoms with Crippen LogP contribution in [-0.2, 0) is 0 Å². The van der Waals surface area contributed by atoms with Gasteiger partial charge in [0.25, 0.3) is 0 Å². The largest absolute Gasteiger partial charge is 0.228 e. The van der Waals surface area contributed by atoms with Crippen LogP contribution in [0, 0.1) is 0 Å². The van der Waals surface area contributed by atoms with E-state index in [1.54, 1.807) is 0 Å². The highest BCUT2D eigenvalue weighted by molar-refractivity contribution is 7.25. The van der Waals surface area contributed by atoms with E-state index in [0.29, 0.717) is 5.82 Å². The number of rotatable bonds is 9. The van der Waals surface area contributed by atoms with E-state index in [9.17, 15) is 0 Å². The second-order valence-corrected chi connectivity index (χ2v) is 18.0. The second kappa shape index (κ2) is 17.5. The summed E-state index contributed by atoms with van der Waals surface area (Å²) in [6.07, 6.45) is 0. The Balaban J connectivity index is 0.955. The van der Waals surface area contributed by atoms with Crippen LogP contribution in [0.1, 0.15) is 0 Å². The highest BCUT2D eigenvalue weighted by atomic mass is 32.1. The fourth-order valence-electron chi connectivity index (χ4n) is 9.33. The predicted octanol–water partition coefficient (Wildman–Crippen LogP) is 17.8. The first kappa shape index (κ1) is 40.0. The molecule has 67 heavy (non-hydrogen) atoms. The average molecular weight is 871 g/mol. The minimum absolute atomic E-state index is 0.699. The highest BCUT2D eigenvalue weighted by Gasteiger charge is 2.19. The molecule has 3 heteroatoms. The number of benzene rings is 10. The molecule has 2 heterocycles. The summed E-state index contributed by atoms with van der Waals surface area (Å²) >= 11 is 1.86. The van der Waals surface area contributed by atoms with Crippen LogP contribution in [0.2, 0.25) is 0 Å². The second-order valence-electron chi connectivity index (χ2n) is 16.9. The van der Waals surface area contributed by atoms with Gasteiger partial charge in [-0.15, -0.1) is 11.3 Å². The van der Waals surface area contributed by atoms with Crippen molar-refractivity contribution in [1.29, 1.82) is 0 Å². The van der Waals surface area contributed by atoms with Crippen molar-refractivity contribution in [3.8, 4) is 101 Å². The van der Waals surface area contributed by atoms with Gasteiger partial charge in [-0.2, -0.15) is 0 Å². The van der Waals surface area contributed by atoms with Crippen molar-refractivity contribution in [2.24, 2.45) is 0 Å². The SMILES string of the molecule is c1ccc(-c2ccc(-c3cc(-c4cccc(-c5ccc(-c6cc(-c7ccccc7)cc(-c7ccc8sc9ccccc9c8c7)c6-c6ccccc6)cc5)c4)nc(-c4ccccc4)n3)cc2)cc1. The van der Waals surface area contributed by atoms with Gasteiger partial charge in [0.1, 0.15) is 0 Å². The van der Waals surface area contributed by atoms with E-state index < -0.39 is 0 Å². The molecule has 0 spiro atoms. The first-order chi connectivity index (χ1) is 33.2. The van der Waals surface area contributed by atoms with Crippen molar-refractivity contribution in [1.82, 2.24) is 9.97 Å². The smallest absolute Gasteiger partial charge is 0.160 e. The van der Waals surface area contributed by atoms with E-state index >= 15 is 0 Å². The Kier molecular flexibility index (Phi) is 10.4. The van der Waals surface area contributed by atoms with Crippen LogP contribution >= 0.6 is 11.3 Å². The molecule has 2 nitrogen and oxygen atoms in total. The molecular weight excluding hydrogens is 829 g/mol. The van der Waals surface area contributed by atoms with E-state index in [4.69, 9.17) is 9.97 Å². The number of thiophene rings is 1. The summed E-state index contributed by atoms with van der Waals surface area (Å²) in [4.78, 5) is 10.3. The number of aromatic nitrogens is 2. The topological polar surface area (TPSA) is 25.8 Å². The van der Waals surface area contributed by atoms with Gasteiger partial charge in [0, 0.05) is 36.9 Å². The van der Waals surface area contributed by atoms with Gasteiger partial charge in [0.2, 0.25) is 0 Å². The summed E-state index contributed by atoms with van der Waals surface area (Å²) in [5.74, 6) is 0.699. The van der Waals surface area contributed by atoms with Crippen molar-refractivity contribution in [2.45, 2.75) is 0 Å². The summed E-state index contributed by atoms with van der Waals surface area (Å²) in [5.41, 5.74) is 19.0. The van der Waals surface area contributed by atoms with Crippen molar-refractivity contribution in [2.75, 3.05) is 0 Å². The van der Waals surface area contributed by atoms with E-state index in [0.717, 1.165) is 44.8 Å². The van der Waals surface area contributed by atoms with Crippen molar-refractivity contribution < 1.29 is 0 Å². The van der Waals surface area contributed by atoms with Crippen LogP contribution in [0.25, 0.3) is 121 Å². The Labute approximate surface area is 394 Å². The zero-order valence-corrected chi connectivity index (χ0v) is 37.4. The molecule has 12 rings (SSSR count). The van der Waals surface area contributed by atoms with Crippen LogP contribution < -0.4 is 0 Å². The molecule has 12 aromatic rings. The minimum Gasteiger partial charge on any atom is -0.228 e. The fourth-order valence-corrected chi connectivity index (χ4v) is 10.4. The lowest BCUT2D eigenvalue weighted by molar-refractivity contribution is 1.18. The lowest BCUT2D eigenvalue weighted by Crippen LogP contribution is -1.96. The van der Waals surface area contributed by atoms with Gasteiger partial charge in [-0.1, -0.05) is 212 Å². The molecule has 0 aliphatic rings. The van der Waals surface area contributed by atoms with Gasteiger partial charge in [-0.25, -0.2) is 9.97 Å². The van der Waals surface area contributed by atoms with Gasteiger partial charge in [0.15, 0.2) is 5.82 Å². The highest BCUT2D eigenvalue weighted by Crippen LogP contribution is 2.45. The molecule has 314 valence electrons. The standard InChI is InChI=1S/C64H42N2S/c1-5-16-43(17-6-1)45-30-34-48(35-31-45)59-42-60(66-64(65-59)50-22-11-4-12-23-50)53-25-15-24-51(38-53)46-28-32-47(33-29-46)56-40-54(44-18-7-2-8-19-44)41-57(63(56)49-20-9-3-10-21-49)52-36-37-62-58(39-52)55-26-13-14-27-61(55)67-62/h1-42H. The Morgan fingerprint density at radius 2 is 0.687 bits per heavy atom. The van der Waals surface area contributed by atoms with Crippen LogP contribution in [0.4, 0.5) is 0 Å². The monoisotopic (exact) mass is 870 g/mol. The molecule has 0 saturated carbocycles. The van der Waals surface area contributed by atoms with Crippen molar-refractivity contribution in [3.63, 3.8) is 0 Å². The third-order valence-corrected chi connectivity index (χ3v) is 13.9.